The Morgan fingerprint density at radius 1 is 1.18 bits per heavy atom. The Morgan fingerprint density at radius 3 is 2.18 bits per heavy atom. The molecule has 1 heteroatoms. The van der Waals surface area contributed by atoms with E-state index in [0.717, 1.165) is 25.0 Å². The summed E-state index contributed by atoms with van der Waals surface area (Å²) < 4.78 is 0. The largest absolute Gasteiger partial charge is 0.296 e. The lowest BCUT2D eigenvalue weighted by Gasteiger charge is -2.19. The van der Waals surface area contributed by atoms with Crippen molar-refractivity contribution in [2.75, 3.05) is 6.54 Å². The fraction of sp³-hybridized carbons (Fsp3) is 0.800. The second-order valence-electron chi connectivity index (χ2n) is 3.65. The summed E-state index contributed by atoms with van der Waals surface area (Å²) in [6.07, 6.45) is 11.9. The standard InChI is InChI=1S/C10H15N/c1-2-3-8-11-9-4-5-10(11)7-6-9/h1,9-10H,3-8H2. The molecular formula is C10H15N. The molecule has 0 aromatic carbocycles. The van der Waals surface area contributed by atoms with Gasteiger partial charge in [-0.05, 0) is 25.7 Å². The van der Waals surface area contributed by atoms with E-state index in [1.165, 1.54) is 25.7 Å². The maximum atomic E-state index is 5.24. The average molecular weight is 149 g/mol. The van der Waals surface area contributed by atoms with Crippen LogP contribution in [0.1, 0.15) is 32.1 Å². The molecule has 2 aliphatic rings. The number of terminal acetylenes is 1. The summed E-state index contributed by atoms with van der Waals surface area (Å²) in [5.74, 6) is 2.72. The highest BCUT2D eigenvalue weighted by molar-refractivity contribution is 4.96. The summed E-state index contributed by atoms with van der Waals surface area (Å²) in [4.78, 5) is 2.62. The Morgan fingerprint density at radius 2 is 1.73 bits per heavy atom. The lowest BCUT2D eigenvalue weighted by molar-refractivity contribution is 0.259. The van der Waals surface area contributed by atoms with Gasteiger partial charge in [0.05, 0.1) is 0 Å². The summed E-state index contributed by atoms with van der Waals surface area (Å²) in [5.41, 5.74) is 0. The highest BCUT2D eigenvalue weighted by atomic mass is 15.2. The zero-order chi connectivity index (χ0) is 7.68. The van der Waals surface area contributed by atoms with Gasteiger partial charge in [-0.1, -0.05) is 0 Å². The average Bonchev–Trinajstić information content (AvgIpc) is 2.59. The fourth-order valence-corrected chi connectivity index (χ4v) is 2.58. The van der Waals surface area contributed by atoms with Gasteiger partial charge in [0.15, 0.2) is 0 Å². The topological polar surface area (TPSA) is 3.24 Å². The molecule has 2 fully saturated rings. The Labute approximate surface area is 68.8 Å². The van der Waals surface area contributed by atoms with Gasteiger partial charge >= 0.3 is 0 Å². The normalized spacial score (nSPS) is 35.9. The van der Waals surface area contributed by atoms with Gasteiger partial charge < -0.3 is 0 Å². The maximum Gasteiger partial charge on any atom is 0.0214 e. The van der Waals surface area contributed by atoms with Crippen LogP contribution in [0.5, 0.6) is 0 Å². The van der Waals surface area contributed by atoms with E-state index in [9.17, 15) is 0 Å². The van der Waals surface area contributed by atoms with Crippen molar-refractivity contribution in [3.8, 4) is 12.3 Å². The molecule has 0 spiro atoms. The summed E-state index contributed by atoms with van der Waals surface area (Å²) in [5, 5.41) is 0. The molecular weight excluding hydrogens is 134 g/mol. The van der Waals surface area contributed by atoms with E-state index >= 15 is 0 Å². The molecule has 2 saturated heterocycles. The third-order valence-corrected chi connectivity index (χ3v) is 3.12. The van der Waals surface area contributed by atoms with Crippen LogP contribution in [0, 0.1) is 12.3 Å². The first kappa shape index (κ1) is 7.18. The highest BCUT2D eigenvalue weighted by Gasteiger charge is 2.38. The lowest BCUT2D eigenvalue weighted by atomic mass is 10.0. The maximum absolute atomic E-state index is 5.24. The Bertz CT molecular complexity index is 160. The van der Waals surface area contributed by atoms with Crippen molar-refractivity contribution in [1.29, 1.82) is 0 Å². The van der Waals surface area contributed by atoms with Gasteiger partial charge in [-0.15, -0.1) is 12.3 Å². The first-order valence-corrected chi connectivity index (χ1v) is 4.61. The van der Waals surface area contributed by atoms with E-state index in [2.05, 4.69) is 10.8 Å². The second kappa shape index (κ2) is 2.87. The van der Waals surface area contributed by atoms with Crippen LogP contribution < -0.4 is 0 Å². The summed E-state index contributed by atoms with van der Waals surface area (Å²) in [6.45, 7) is 1.14. The molecule has 0 radical (unpaired) electrons. The summed E-state index contributed by atoms with van der Waals surface area (Å²) in [7, 11) is 0. The van der Waals surface area contributed by atoms with E-state index in [1.54, 1.807) is 0 Å². The first-order chi connectivity index (χ1) is 5.42. The highest BCUT2D eigenvalue weighted by Crippen LogP contribution is 2.36. The molecule has 60 valence electrons. The Hall–Kier alpha value is -0.480. The molecule has 0 aliphatic carbocycles. The summed E-state index contributed by atoms with van der Waals surface area (Å²) in [6, 6.07) is 1.79. The third kappa shape index (κ3) is 1.16. The van der Waals surface area contributed by atoms with Crippen molar-refractivity contribution in [3.05, 3.63) is 0 Å². The Kier molecular flexibility index (Phi) is 1.87. The number of hydrogen-bond acceptors (Lipinski definition) is 1. The molecule has 0 atom stereocenters. The molecule has 2 aliphatic heterocycles. The van der Waals surface area contributed by atoms with E-state index in [4.69, 9.17) is 6.42 Å². The predicted molar refractivity (Wildman–Crippen MR) is 46.2 cm³/mol. The van der Waals surface area contributed by atoms with Gasteiger partial charge in [0.2, 0.25) is 0 Å². The van der Waals surface area contributed by atoms with Crippen molar-refractivity contribution < 1.29 is 0 Å². The molecule has 0 aromatic rings. The van der Waals surface area contributed by atoms with Gasteiger partial charge in [0, 0.05) is 25.0 Å². The molecule has 0 N–H and O–H groups in total. The molecule has 0 unspecified atom stereocenters. The van der Waals surface area contributed by atoms with Crippen molar-refractivity contribution in [3.63, 3.8) is 0 Å². The van der Waals surface area contributed by atoms with E-state index in [-0.39, 0.29) is 0 Å². The van der Waals surface area contributed by atoms with E-state index in [0.29, 0.717) is 0 Å². The van der Waals surface area contributed by atoms with Crippen LogP contribution >= 0.6 is 0 Å². The Balaban J connectivity index is 1.90. The molecule has 1 nitrogen and oxygen atoms in total. The zero-order valence-electron chi connectivity index (χ0n) is 6.92. The first-order valence-electron chi connectivity index (χ1n) is 4.61. The number of fused-ring (bicyclic) bond motifs is 2. The van der Waals surface area contributed by atoms with Crippen molar-refractivity contribution in [2.24, 2.45) is 0 Å². The van der Waals surface area contributed by atoms with Crippen LogP contribution in [0.4, 0.5) is 0 Å². The van der Waals surface area contributed by atoms with Gasteiger partial charge in [0.25, 0.3) is 0 Å². The number of hydrogen-bond donors (Lipinski definition) is 0. The summed E-state index contributed by atoms with van der Waals surface area (Å²) >= 11 is 0. The SMILES string of the molecule is C#CCCN1C2CCC1CC2. The van der Waals surface area contributed by atoms with Crippen LogP contribution in [0.15, 0.2) is 0 Å². The van der Waals surface area contributed by atoms with Gasteiger partial charge in [-0.3, -0.25) is 4.90 Å². The molecule has 2 bridgehead atoms. The smallest absolute Gasteiger partial charge is 0.0214 e. The third-order valence-electron chi connectivity index (χ3n) is 3.12. The molecule has 11 heavy (non-hydrogen) atoms. The minimum Gasteiger partial charge on any atom is -0.296 e. The van der Waals surface area contributed by atoms with Gasteiger partial charge in [-0.25, -0.2) is 0 Å². The predicted octanol–water partition coefficient (Wildman–Crippen LogP) is 1.64. The molecule has 0 amide bonds. The lowest BCUT2D eigenvalue weighted by Crippen LogP contribution is -2.29. The van der Waals surface area contributed by atoms with Crippen molar-refractivity contribution in [1.82, 2.24) is 4.90 Å². The molecule has 0 aromatic heterocycles. The molecule has 2 rings (SSSR count). The quantitative estimate of drug-likeness (QED) is 0.539. The van der Waals surface area contributed by atoms with E-state index < -0.39 is 0 Å². The van der Waals surface area contributed by atoms with Gasteiger partial charge in [-0.2, -0.15) is 0 Å². The zero-order valence-corrected chi connectivity index (χ0v) is 6.92. The van der Waals surface area contributed by atoms with Crippen molar-refractivity contribution in [2.45, 2.75) is 44.2 Å². The van der Waals surface area contributed by atoms with Crippen LogP contribution in [0.2, 0.25) is 0 Å². The van der Waals surface area contributed by atoms with Crippen molar-refractivity contribution >= 4 is 0 Å². The number of nitrogens with zero attached hydrogens (tertiary/aromatic N) is 1. The number of rotatable bonds is 2. The monoisotopic (exact) mass is 149 g/mol. The van der Waals surface area contributed by atoms with Crippen LogP contribution in [0.3, 0.4) is 0 Å². The van der Waals surface area contributed by atoms with Crippen LogP contribution in [-0.2, 0) is 0 Å². The fourth-order valence-electron chi connectivity index (χ4n) is 2.58. The minimum atomic E-state index is 0.897. The van der Waals surface area contributed by atoms with E-state index in [1.807, 2.05) is 0 Å². The minimum absolute atomic E-state index is 0.897. The second-order valence-corrected chi connectivity index (χ2v) is 3.65. The van der Waals surface area contributed by atoms with Crippen LogP contribution in [-0.4, -0.2) is 23.5 Å². The molecule has 0 saturated carbocycles. The molecule has 2 heterocycles. The van der Waals surface area contributed by atoms with Gasteiger partial charge in [0.1, 0.15) is 0 Å². The van der Waals surface area contributed by atoms with Crippen LogP contribution in [0.25, 0.3) is 0 Å².